The number of carbonyl (C=O) groups excluding carboxylic acids is 1. The number of hydrogen-bond donors (Lipinski definition) is 1. The van der Waals surface area contributed by atoms with Gasteiger partial charge in [-0.15, -0.1) is 0 Å². The Kier molecular flexibility index (Phi) is 4.46. The van der Waals surface area contributed by atoms with Gasteiger partial charge in [-0.2, -0.15) is 0 Å². The topological polar surface area (TPSA) is 40.5 Å². The number of aryl methyl sites for hydroxylation is 1. The van der Waals surface area contributed by atoms with Gasteiger partial charge in [0, 0.05) is 18.2 Å². The Bertz CT molecular complexity index is 568. The molecule has 2 atom stereocenters. The van der Waals surface area contributed by atoms with E-state index >= 15 is 0 Å². The zero-order chi connectivity index (χ0) is 14.7. The Hall–Kier alpha value is -1.79. The van der Waals surface area contributed by atoms with Crippen LogP contribution < -0.4 is 0 Å². The van der Waals surface area contributed by atoms with Gasteiger partial charge in [0.2, 0.25) is 0 Å². The minimum Gasteiger partial charge on any atom is -0.384 e. The summed E-state index contributed by atoms with van der Waals surface area (Å²) in [6.45, 7) is 6.85. The van der Waals surface area contributed by atoms with Crippen molar-refractivity contribution < 1.29 is 9.90 Å². The third-order valence-electron chi connectivity index (χ3n) is 3.75. The Morgan fingerprint density at radius 1 is 1.45 bits per heavy atom. The molecule has 2 unspecified atom stereocenters. The van der Waals surface area contributed by atoms with Crippen LogP contribution in [0, 0.1) is 24.7 Å². The maximum Gasteiger partial charge on any atom is 0.255 e. The molecule has 0 radical (unpaired) electrons. The third-order valence-corrected chi connectivity index (χ3v) is 3.75. The van der Waals surface area contributed by atoms with E-state index < -0.39 is 0 Å². The lowest BCUT2D eigenvalue weighted by Gasteiger charge is -2.22. The maximum absolute atomic E-state index is 12.7. The van der Waals surface area contributed by atoms with Crippen LogP contribution >= 0.6 is 0 Å². The van der Waals surface area contributed by atoms with Gasteiger partial charge in [0.05, 0.1) is 5.56 Å². The second-order valence-corrected chi connectivity index (χ2v) is 5.66. The monoisotopic (exact) mass is 271 g/mol. The molecule has 1 fully saturated rings. The molecule has 0 spiro atoms. The van der Waals surface area contributed by atoms with Crippen LogP contribution in [0.3, 0.4) is 0 Å². The molecular formula is C17H21NO2. The van der Waals surface area contributed by atoms with Crippen molar-refractivity contribution in [3.63, 3.8) is 0 Å². The van der Waals surface area contributed by atoms with Crippen molar-refractivity contribution in [3.8, 4) is 11.8 Å². The molecule has 1 amide bonds. The van der Waals surface area contributed by atoms with Gasteiger partial charge in [0.25, 0.3) is 5.91 Å². The van der Waals surface area contributed by atoms with Crippen LogP contribution in [-0.2, 0) is 0 Å². The van der Waals surface area contributed by atoms with Crippen LogP contribution in [0.1, 0.15) is 41.8 Å². The summed E-state index contributed by atoms with van der Waals surface area (Å²) in [7, 11) is 0. The lowest BCUT2D eigenvalue weighted by atomic mass is 10.0. The van der Waals surface area contributed by atoms with Gasteiger partial charge in [-0.25, -0.2) is 0 Å². The lowest BCUT2D eigenvalue weighted by Crippen LogP contribution is -2.34. The Morgan fingerprint density at radius 3 is 2.80 bits per heavy atom. The highest BCUT2D eigenvalue weighted by molar-refractivity contribution is 5.97. The number of aliphatic hydroxyl groups is 1. The van der Waals surface area contributed by atoms with Crippen LogP contribution in [0.25, 0.3) is 0 Å². The predicted molar refractivity (Wildman–Crippen MR) is 79.4 cm³/mol. The molecule has 0 aromatic heterocycles. The molecular weight excluding hydrogens is 250 g/mol. The number of likely N-dealkylation sites (tertiary alicyclic amines) is 1. The van der Waals surface area contributed by atoms with E-state index in [4.69, 9.17) is 5.11 Å². The smallest absolute Gasteiger partial charge is 0.255 e. The summed E-state index contributed by atoms with van der Waals surface area (Å²) >= 11 is 0. The van der Waals surface area contributed by atoms with E-state index in [0.29, 0.717) is 17.0 Å². The number of aliphatic hydroxyl groups excluding tert-OH is 1. The van der Waals surface area contributed by atoms with Crippen molar-refractivity contribution in [2.75, 3.05) is 13.2 Å². The highest BCUT2D eigenvalue weighted by atomic mass is 16.2. The van der Waals surface area contributed by atoms with Crippen molar-refractivity contribution in [2.24, 2.45) is 5.92 Å². The summed E-state index contributed by atoms with van der Waals surface area (Å²) in [6.07, 6.45) is 1.05. The van der Waals surface area contributed by atoms with E-state index in [1.807, 2.05) is 30.0 Å². The number of benzene rings is 1. The van der Waals surface area contributed by atoms with Crippen LogP contribution in [-0.4, -0.2) is 35.1 Å². The second-order valence-electron chi connectivity index (χ2n) is 5.66. The molecule has 1 heterocycles. The largest absolute Gasteiger partial charge is 0.384 e. The summed E-state index contributed by atoms with van der Waals surface area (Å²) in [4.78, 5) is 14.6. The summed E-state index contributed by atoms with van der Waals surface area (Å²) in [5.74, 6) is 6.11. The van der Waals surface area contributed by atoms with Gasteiger partial charge >= 0.3 is 0 Å². The summed E-state index contributed by atoms with van der Waals surface area (Å²) in [6, 6.07) is 5.95. The van der Waals surface area contributed by atoms with Crippen molar-refractivity contribution in [3.05, 3.63) is 34.9 Å². The van der Waals surface area contributed by atoms with E-state index in [9.17, 15) is 4.79 Å². The average Bonchev–Trinajstić information content (AvgIpc) is 2.74. The maximum atomic E-state index is 12.7. The van der Waals surface area contributed by atoms with E-state index in [0.717, 1.165) is 18.5 Å². The second kappa shape index (κ2) is 6.11. The minimum atomic E-state index is -0.196. The van der Waals surface area contributed by atoms with Gasteiger partial charge in [-0.1, -0.05) is 24.8 Å². The standard InChI is InChI=1S/C17H21NO2/c1-12-6-7-16(15(10-12)5-4-8-19)17(20)18-11-13(2)9-14(18)3/h6-7,10,13-14,19H,8-9,11H2,1-3H3. The lowest BCUT2D eigenvalue weighted by molar-refractivity contribution is 0.0743. The summed E-state index contributed by atoms with van der Waals surface area (Å²) in [5.41, 5.74) is 2.40. The van der Waals surface area contributed by atoms with Crippen molar-refractivity contribution in [1.82, 2.24) is 4.90 Å². The normalized spacial score (nSPS) is 21.5. The quantitative estimate of drug-likeness (QED) is 0.796. The van der Waals surface area contributed by atoms with Gasteiger partial charge in [0.1, 0.15) is 6.61 Å². The molecule has 106 valence electrons. The fraction of sp³-hybridized carbons (Fsp3) is 0.471. The molecule has 1 aromatic rings. The fourth-order valence-corrected chi connectivity index (χ4v) is 2.82. The number of hydrogen-bond acceptors (Lipinski definition) is 2. The molecule has 2 rings (SSSR count). The van der Waals surface area contributed by atoms with Gasteiger partial charge in [-0.05, 0) is 43.9 Å². The SMILES string of the molecule is Cc1ccc(C(=O)N2CC(C)CC2C)c(C#CCO)c1. The van der Waals surface area contributed by atoms with Crippen molar-refractivity contribution >= 4 is 5.91 Å². The minimum absolute atomic E-state index is 0.0455. The molecule has 20 heavy (non-hydrogen) atoms. The highest BCUT2D eigenvalue weighted by Gasteiger charge is 2.31. The first-order valence-corrected chi connectivity index (χ1v) is 7.04. The van der Waals surface area contributed by atoms with Gasteiger partial charge < -0.3 is 10.0 Å². The number of amides is 1. The van der Waals surface area contributed by atoms with Crippen molar-refractivity contribution in [2.45, 2.75) is 33.2 Å². The molecule has 1 aliphatic heterocycles. The van der Waals surface area contributed by atoms with Crippen LogP contribution in [0.15, 0.2) is 18.2 Å². The first kappa shape index (κ1) is 14.6. The van der Waals surface area contributed by atoms with E-state index in [-0.39, 0.29) is 18.6 Å². The fourth-order valence-electron chi connectivity index (χ4n) is 2.82. The van der Waals surface area contributed by atoms with E-state index in [1.54, 1.807) is 0 Å². The number of nitrogens with zero attached hydrogens (tertiary/aromatic N) is 1. The van der Waals surface area contributed by atoms with Gasteiger partial charge in [0.15, 0.2) is 0 Å². The molecule has 1 N–H and O–H groups in total. The Labute approximate surface area is 120 Å². The average molecular weight is 271 g/mol. The highest BCUT2D eigenvalue weighted by Crippen LogP contribution is 2.25. The first-order valence-electron chi connectivity index (χ1n) is 7.04. The number of rotatable bonds is 1. The molecule has 1 saturated heterocycles. The molecule has 3 heteroatoms. The van der Waals surface area contributed by atoms with Gasteiger partial charge in [-0.3, -0.25) is 4.79 Å². The molecule has 0 aliphatic carbocycles. The zero-order valence-corrected chi connectivity index (χ0v) is 12.3. The summed E-state index contributed by atoms with van der Waals surface area (Å²) < 4.78 is 0. The Morgan fingerprint density at radius 2 is 2.20 bits per heavy atom. The van der Waals surface area contributed by atoms with Crippen LogP contribution in [0.5, 0.6) is 0 Å². The van der Waals surface area contributed by atoms with E-state index in [2.05, 4.69) is 25.7 Å². The Balaban J connectivity index is 2.34. The zero-order valence-electron chi connectivity index (χ0n) is 12.3. The summed E-state index contributed by atoms with van der Waals surface area (Å²) in [5, 5.41) is 8.85. The molecule has 3 nitrogen and oxygen atoms in total. The van der Waals surface area contributed by atoms with Crippen LogP contribution in [0.4, 0.5) is 0 Å². The number of carbonyl (C=O) groups is 1. The third kappa shape index (κ3) is 3.02. The van der Waals surface area contributed by atoms with Crippen molar-refractivity contribution in [1.29, 1.82) is 0 Å². The molecule has 0 bridgehead atoms. The van der Waals surface area contributed by atoms with E-state index in [1.165, 1.54) is 0 Å². The predicted octanol–water partition coefficient (Wildman–Crippen LogP) is 2.21. The molecule has 0 saturated carbocycles. The molecule has 1 aromatic carbocycles. The molecule has 1 aliphatic rings. The first-order chi connectivity index (χ1) is 9.52. The van der Waals surface area contributed by atoms with Crippen LogP contribution in [0.2, 0.25) is 0 Å².